The first kappa shape index (κ1) is 13.9. The molecule has 2 nitrogen and oxygen atoms in total. The fraction of sp³-hybridized carbons (Fsp3) is 0.0588. The van der Waals surface area contributed by atoms with Gasteiger partial charge in [0.2, 0.25) is 0 Å². The van der Waals surface area contributed by atoms with E-state index in [-0.39, 0.29) is 18.0 Å². The smallest absolute Gasteiger partial charge is 0.185 e. The standard InChI is InChI=1S/C17H11BrFNO/c18-17-12(5-3-6-13(17)19)10-16(21)15-9-8-11-4-1-2-7-14(11)20-15/h1-9H,10H2. The van der Waals surface area contributed by atoms with E-state index in [1.807, 2.05) is 30.3 Å². The quantitative estimate of drug-likeness (QED) is 0.652. The predicted molar refractivity (Wildman–Crippen MR) is 83.9 cm³/mol. The van der Waals surface area contributed by atoms with Crippen LogP contribution in [0.3, 0.4) is 0 Å². The van der Waals surface area contributed by atoms with Gasteiger partial charge >= 0.3 is 0 Å². The summed E-state index contributed by atoms with van der Waals surface area (Å²) < 4.78 is 13.8. The van der Waals surface area contributed by atoms with Gasteiger partial charge in [-0.25, -0.2) is 9.37 Å². The molecule has 0 spiro atoms. The Hall–Kier alpha value is -2.07. The van der Waals surface area contributed by atoms with Gasteiger partial charge in [0.1, 0.15) is 11.5 Å². The van der Waals surface area contributed by atoms with E-state index in [2.05, 4.69) is 20.9 Å². The molecule has 1 heterocycles. The van der Waals surface area contributed by atoms with E-state index in [9.17, 15) is 9.18 Å². The van der Waals surface area contributed by atoms with Crippen LogP contribution in [-0.2, 0) is 6.42 Å². The Balaban J connectivity index is 1.91. The van der Waals surface area contributed by atoms with Gasteiger partial charge in [0, 0.05) is 11.8 Å². The van der Waals surface area contributed by atoms with E-state index in [1.54, 1.807) is 18.2 Å². The van der Waals surface area contributed by atoms with Crippen LogP contribution in [0.25, 0.3) is 10.9 Å². The first-order valence-electron chi connectivity index (χ1n) is 6.47. The van der Waals surface area contributed by atoms with Crippen LogP contribution in [0.15, 0.2) is 59.1 Å². The Morgan fingerprint density at radius 1 is 1.05 bits per heavy atom. The van der Waals surface area contributed by atoms with Gasteiger partial charge in [-0.1, -0.05) is 36.4 Å². The van der Waals surface area contributed by atoms with Gasteiger partial charge < -0.3 is 0 Å². The van der Waals surface area contributed by atoms with Crippen LogP contribution in [-0.4, -0.2) is 10.8 Å². The van der Waals surface area contributed by atoms with Gasteiger partial charge in [-0.3, -0.25) is 4.79 Å². The SMILES string of the molecule is O=C(Cc1cccc(F)c1Br)c1ccc2ccccc2n1. The van der Waals surface area contributed by atoms with Crippen molar-refractivity contribution < 1.29 is 9.18 Å². The van der Waals surface area contributed by atoms with Gasteiger partial charge in [0.25, 0.3) is 0 Å². The van der Waals surface area contributed by atoms with E-state index in [0.717, 1.165) is 10.9 Å². The summed E-state index contributed by atoms with van der Waals surface area (Å²) in [6.07, 6.45) is 0.115. The molecule has 4 heteroatoms. The number of hydrogen-bond donors (Lipinski definition) is 0. The van der Waals surface area contributed by atoms with Crippen molar-refractivity contribution in [3.8, 4) is 0 Å². The van der Waals surface area contributed by atoms with Gasteiger partial charge in [-0.15, -0.1) is 0 Å². The number of para-hydroxylation sites is 1. The molecule has 21 heavy (non-hydrogen) atoms. The van der Waals surface area contributed by atoms with E-state index < -0.39 is 0 Å². The summed E-state index contributed by atoms with van der Waals surface area (Å²) in [5, 5.41) is 0.987. The number of ketones is 1. The number of pyridine rings is 1. The molecule has 0 atom stereocenters. The summed E-state index contributed by atoms with van der Waals surface area (Å²) in [6.45, 7) is 0. The van der Waals surface area contributed by atoms with E-state index >= 15 is 0 Å². The van der Waals surface area contributed by atoms with Gasteiger partial charge in [-0.05, 0) is 39.7 Å². The van der Waals surface area contributed by atoms with Crippen molar-refractivity contribution in [1.29, 1.82) is 0 Å². The summed E-state index contributed by atoms with van der Waals surface area (Å²) in [7, 11) is 0. The van der Waals surface area contributed by atoms with E-state index in [4.69, 9.17) is 0 Å². The van der Waals surface area contributed by atoms with Crippen LogP contribution in [0, 0.1) is 5.82 Å². The minimum absolute atomic E-state index is 0.115. The number of hydrogen-bond acceptors (Lipinski definition) is 2. The van der Waals surface area contributed by atoms with Crippen LogP contribution in [0.1, 0.15) is 16.1 Å². The van der Waals surface area contributed by atoms with Crippen LogP contribution in [0.2, 0.25) is 0 Å². The number of carbonyl (C=O) groups excluding carboxylic acids is 1. The summed E-state index contributed by atoms with van der Waals surface area (Å²) >= 11 is 3.17. The number of benzene rings is 2. The molecule has 0 aliphatic heterocycles. The number of halogens is 2. The zero-order chi connectivity index (χ0) is 14.8. The molecule has 0 saturated carbocycles. The molecular weight excluding hydrogens is 333 g/mol. The van der Waals surface area contributed by atoms with E-state index in [1.165, 1.54) is 6.07 Å². The highest BCUT2D eigenvalue weighted by atomic mass is 79.9. The van der Waals surface area contributed by atoms with Crippen LogP contribution >= 0.6 is 15.9 Å². The molecule has 0 unspecified atom stereocenters. The Morgan fingerprint density at radius 2 is 1.86 bits per heavy atom. The minimum Gasteiger partial charge on any atom is -0.292 e. The lowest BCUT2D eigenvalue weighted by atomic mass is 10.1. The van der Waals surface area contributed by atoms with Gasteiger partial charge in [-0.2, -0.15) is 0 Å². The largest absolute Gasteiger partial charge is 0.292 e. The predicted octanol–water partition coefficient (Wildman–Crippen LogP) is 4.56. The molecule has 104 valence electrons. The highest BCUT2D eigenvalue weighted by molar-refractivity contribution is 9.10. The second-order valence-corrected chi connectivity index (χ2v) is 5.50. The Morgan fingerprint density at radius 3 is 2.71 bits per heavy atom. The van der Waals surface area contributed by atoms with Crippen molar-refractivity contribution in [2.75, 3.05) is 0 Å². The second kappa shape index (κ2) is 5.74. The number of carbonyl (C=O) groups is 1. The summed E-state index contributed by atoms with van der Waals surface area (Å²) in [5.41, 5.74) is 1.79. The van der Waals surface area contributed by atoms with Crippen molar-refractivity contribution in [2.45, 2.75) is 6.42 Å². The number of fused-ring (bicyclic) bond motifs is 1. The molecule has 0 amide bonds. The highest BCUT2D eigenvalue weighted by Crippen LogP contribution is 2.22. The van der Waals surface area contributed by atoms with Crippen LogP contribution in [0.4, 0.5) is 4.39 Å². The summed E-state index contributed by atoms with van der Waals surface area (Å²) in [5.74, 6) is -0.501. The summed E-state index contributed by atoms with van der Waals surface area (Å²) in [6, 6.07) is 15.9. The van der Waals surface area contributed by atoms with Crippen LogP contribution in [0.5, 0.6) is 0 Å². The molecule has 0 N–H and O–H groups in total. The number of rotatable bonds is 3. The zero-order valence-corrected chi connectivity index (χ0v) is 12.6. The Labute approximate surface area is 129 Å². The molecule has 2 aromatic carbocycles. The third kappa shape index (κ3) is 2.85. The Bertz CT molecular complexity index is 832. The normalized spacial score (nSPS) is 10.8. The third-order valence-corrected chi connectivity index (χ3v) is 4.15. The second-order valence-electron chi connectivity index (χ2n) is 4.70. The third-order valence-electron chi connectivity index (χ3n) is 3.27. The maximum absolute atomic E-state index is 13.5. The number of aromatic nitrogens is 1. The lowest BCUT2D eigenvalue weighted by Gasteiger charge is -2.05. The van der Waals surface area contributed by atoms with Crippen molar-refractivity contribution in [3.63, 3.8) is 0 Å². The van der Waals surface area contributed by atoms with Crippen molar-refractivity contribution in [2.24, 2.45) is 0 Å². The monoisotopic (exact) mass is 343 g/mol. The average molecular weight is 344 g/mol. The molecule has 0 bridgehead atoms. The average Bonchev–Trinajstić information content (AvgIpc) is 2.51. The van der Waals surface area contributed by atoms with Crippen molar-refractivity contribution in [1.82, 2.24) is 4.98 Å². The molecule has 0 aliphatic rings. The maximum Gasteiger partial charge on any atom is 0.185 e. The van der Waals surface area contributed by atoms with Crippen LogP contribution < -0.4 is 0 Å². The maximum atomic E-state index is 13.5. The van der Waals surface area contributed by atoms with Crippen molar-refractivity contribution >= 4 is 32.6 Å². The molecule has 0 aliphatic carbocycles. The molecule has 0 fully saturated rings. The fourth-order valence-corrected chi connectivity index (χ4v) is 2.57. The fourth-order valence-electron chi connectivity index (χ4n) is 2.17. The minimum atomic E-state index is -0.369. The molecule has 0 saturated heterocycles. The zero-order valence-electron chi connectivity index (χ0n) is 11.0. The number of nitrogens with zero attached hydrogens (tertiary/aromatic N) is 1. The topological polar surface area (TPSA) is 30.0 Å². The lowest BCUT2D eigenvalue weighted by molar-refractivity contribution is 0.0988. The summed E-state index contributed by atoms with van der Waals surface area (Å²) in [4.78, 5) is 16.7. The number of Topliss-reactive ketones (excluding diaryl/α,β-unsaturated/α-hetero) is 1. The molecule has 3 aromatic rings. The van der Waals surface area contributed by atoms with E-state index in [0.29, 0.717) is 15.7 Å². The Kier molecular flexibility index (Phi) is 3.80. The first-order chi connectivity index (χ1) is 10.1. The van der Waals surface area contributed by atoms with Crippen molar-refractivity contribution in [3.05, 3.63) is 76.1 Å². The molecule has 3 rings (SSSR count). The highest BCUT2D eigenvalue weighted by Gasteiger charge is 2.13. The first-order valence-corrected chi connectivity index (χ1v) is 7.26. The van der Waals surface area contributed by atoms with Gasteiger partial charge in [0.05, 0.1) is 9.99 Å². The molecular formula is C17H11BrFNO. The molecule has 1 aromatic heterocycles. The van der Waals surface area contributed by atoms with Gasteiger partial charge in [0.15, 0.2) is 5.78 Å². The molecule has 0 radical (unpaired) electrons. The lowest BCUT2D eigenvalue weighted by Crippen LogP contribution is -2.07.